The van der Waals surface area contributed by atoms with E-state index in [4.69, 9.17) is 23.7 Å². The number of hydrogen-bond acceptors (Lipinski definition) is 14. The van der Waals surface area contributed by atoms with Crippen LogP contribution in [0.1, 0.15) is 133 Å². The summed E-state index contributed by atoms with van der Waals surface area (Å²) in [4.78, 5) is 68.1. The van der Waals surface area contributed by atoms with Gasteiger partial charge in [0.2, 0.25) is 6.10 Å². The van der Waals surface area contributed by atoms with E-state index < -0.39 is 112 Å². The SMILES string of the molecule is CC/C=C\C/C=C\C/C=C\C/C=C\C/C=C\C/C=C\CCC(=O)OC(C(=O)OC1C[C@@]2(O)[C@@H](OC(C)=O)[C@@H]3[C@]4(O)CO[C@@H]4C[C@H](O)[C@@]3(C)C(=O)[C@H](O)C(=C1C)C2(C)C)[C@H](C)NC(=O)OC(C)(C)C.[Ac]. The van der Waals surface area contributed by atoms with Gasteiger partial charge in [0.25, 0.3) is 0 Å². The van der Waals surface area contributed by atoms with Crippen LogP contribution >= 0.6 is 0 Å². The predicted molar refractivity (Wildman–Crippen MR) is 256 cm³/mol. The third kappa shape index (κ3) is 14.5. The van der Waals surface area contributed by atoms with Crippen molar-refractivity contribution < 1.29 is 112 Å². The molecule has 1 saturated heterocycles. The molecule has 4 rings (SSSR count). The summed E-state index contributed by atoms with van der Waals surface area (Å²) in [6.07, 6.45) is 19.5. The second-order valence-electron chi connectivity index (χ2n) is 20.2. The standard InChI is InChI=1S/C53H77NO14.Ac/c1-11-12-13-14-15-16-17-18-19-20-21-22-23-24-25-26-27-28-29-30-40(57)67-43(35(3)54-48(61)68-49(5,6)7)47(60)66-37-32-53(63)46(65-36(4)55)44-51(10,38(56)31-39-52(44,62)33-64-39)45(59)42(58)41(34(37)2)50(53,8)9;/h12-13,15-16,18-19,21-22,24-25,27-28,35,37-39,42-44,46,56,58,62-63H,11,14,17,20,23,26,29-33H2,1-10H3,(H,54,61);/b13-12-,16-15-,19-18-,22-21-,25-24-,28-27-;/t35-,37?,38-,39+,42+,43?,44-,46-,51+,52-,53+;/m0./s1. The Bertz CT molecular complexity index is 2030. The number of rotatable bonds is 20. The summed E-state index contributed by atoms with van der Waals surface area (Å²) < 4.78 is 28.7. The summed E-state index contributed by atoms with van der Waals surface area (Å²) in [6.45, 7) is 15.3. The van der Waals surface area contributed by atoms with Gasteiger partial charge < -0.3 is 49.4 Å². The number of aliphatic hydroxyl groups excluding tert-OH is 2. The van der Waals surface area contributed by atoms with Crippen LogP contribution in [0.5, 0.6) is 0 Å². The Morgan fingerprint density at radius 1 is 0.855 bits per heavy atom. The molecule has 381 valence electrons. The monoisotopic (exact) mass is 1180 g/mol. The second kappa shape index (κ2) is 25.9. The number of Topliss-reactive ketones (excluding diaryl/α,β-unsaturated/α-hetero) is 1. The summed E-state index contributed by atoms with van der Waals surface area (Å²) in [5.74, 6) is -5.15. The number of alkyl carbamates (subject to hydrolysis) is 1. The van der Waals surface area contributed by atoms with Crippen LogP contribution < -0.4 is 5.32 Å². The van der Waals surface area contributed by atoms with Gasteiger partial charge in [0.15, 0.2) is 5.78 Å². The normalized spacial score (nSPS) is 30.9. The number of amides is 1. The second-order valence-corrected chi connectivity index (χ2v) is 20.2. The molecule has 0 aromatic heterocycles. The van der Waals surface area contributed by atoms with E-state index in [0.717, 1.165) is 39.0 Å². The van der Waals surface area contributed by atoms with Crippen LogP contribution in [0.15, 0.2) is 84.1 Å². The van der Waals surface area contributed by atoms with Crippen molar-refractivity contribution in [2.45, 2.75) is 193 Å². The fourth-order valence-electron chi connectivity index (χ4n) is 9.97. The van der Waals surface area contributed by atoms with Gasteiger partial charge in [-0.2, -0.15) is 0 Å². The molecule has 2 saturated carbocycles. The Kier molecular flexibility index (Phi) is 22.6. The Morgan fingerprint density at radius 2 is 1.38 bits per heavy atom. The van der Waals surface area contributed by atoms with E-state index in [2.05, 4.69) is 66.9 Å². The minimum atomic E-state index is -2.27. The Hall–Kier alpha value is -3.23. The van der Waals surface area contributed by atoms with E-state index in [9.17, 15) is 44.4 Å². The Labute approximate surface area is 444 Å². The fraction of sp³-hybridized carbons (Fsp3) is 0.642. The van der Waals surface area contributed by atoms with Gasteiger partial charge in [-0.05, 0) is 97.6 Å². The molecule has 2 unspecified atom stereocenters. The van der Waals surface area contributed by atoms with Gasteiger partial charge in [0, 0.05) is 81.6 Å². The number of nitrogens with one attached hydrogen (secondary N) is 1. The van der Waals surface area contributed by atoms with E-state index >= 15 is 0 Å². The topological polar surface area (TPSA) is 224 Å². The van der Waals surface area contributed by atoms with E-state index in [1.54, 1.807) is 34.6 Å². The molecule has 0 aromatic carbocycles. The van der Waals surface area contributed by atoms with Crippen molar-refractivity contribution in [1.29, 1.82) is 0 Å². The number of carbonyl (C=O) groups is 5. The first kappa shape index (κ1) is 60.1. The van der Waals surface area contributed by atoms with Gasteiger partial charge in [0.1, 0.15) is 35.1 Å². The number of fused-ring (bicyclic) bond motifs is 5. The molecule has 5 N–H and O–H groups in total. The maximum atomic E-state index is 14.6. The molecule has 1 aliphatic heterocycles. The molecule has 69 heavy (non-hydrogen) atoms. The fourth-order valence-corrected chi connectivity index (χ4v) is 9.97. The maximum absolute atomic E-state index is 14.6. The molecule has 4 aliphatic rings. The van der Waals surface area contributed by atoms with Gasteiger partial charge >= 0.3 is 24.0 Å². The zero-order valence-corrected chi connectivity index (χ0v) is 47.0. The zero-order valence-electron chi connectivity index (χ0n) is 42.3. The summed E-state index contributed by atoms with van der Waals surface area (Å²) in [6, 6.07) is -1.20. The molecule has 2 bridgehead atoms. The van der Waals surface area contributed by atoms with Gasteiger partial charge in [-0.25, -0.2) is 9.59 Å². The van der Waals surface area contributed by atoms with Gasteiger partial charge in [-0.1, -0.05) is 93.7 Å². The van der Waals surface area contributed by atoms with E-state index in [1.807, 2.05) is 18.2 Å². The molecule has 0 aromatic rings. The van der Waals surface area contributed by atoms with Crippen molar-refractivity contribution in [3.05, 3.63) is 84.1 Å². The van der Waals surface area contributed by atoms with Crippen LogP contribution in [0.4, 0.5) is 4.79 Å². The molecular weight excluding hydrogens is 1100 g/mol. The third-order valence-electron chi connectivity index (χ3n) is 13.7. The molecule has 1 amide bonds. The van der Waals surface area contributed by atoms with Gasteiger partial charge in [-0.3, -0.25) is 14.4 Å². The van der Waals surface area contributed by atoms with Crippen LogP contribution in [0, 0.1) is 60.8 Å². The number of esters is 3. The molecule has 11 atom stereocenters. The minimum Gasteiger partial charge on any atom is -0.459 e. The van der Waals surface area contributed by atoms with Crippen LogP contribution in [-0.2, 0) is 42.9 Å². The molecular formula is C53H77AcNO14. The first-order valence-electron chi connectivity index (χ1n) is 24.0. The van der Waals surface area contributed by atoms with Gasteiger partial charge in [-0.15, -0.1) is 0 Å². The smallest absolute Gasteiger partial charge is 0.408 e. The van der Waals surface area contributed by atoms with Crippen molar-refractivity contribution in [2.75, 3.05) is 6.61 Å². The quantitative estimate of drug-likeness (QED) is 0.0467. The van der Waals surface area contributed by atoms with Crippen molar-refractivity contribution in [3.63, 3.8) is 0 Å². The molecule has 3 fully saturated rings. The van der Waals surface area contributed by atoms with Crippen molar-refractivity contribution >= 4 is 29.8 Å². The van der Waals surface area contributed by atoms with Crippen molar-refractivity contribution in [3.8, 4) is 0 Å². The van der Waals surface area contributed by atoms with Crippen LogP contribution in [0.25, 0.3) is 0 Å². The Balaban J connectivity index is 0.0000126. The maximum Gasteiger partial charge on any atom is 0.408 e. The predicted octanol–water partition coefficient (Wildman–Crippen LogP) is 7.07. The summed E-state index contributed by atoms with van der Waals surface area (Å²) in [5, 5.41) is 51.4. The van der Waals surface area contributed by atoms with Gasteiger partial charge in [0.05, 0.1) is 30.3 Å². The number of ketones is 1. The zero-order chi connectivity index (χ0) is 50.7. The first-order valence-corrected chi connectivity index (χ1v) is 24.0. The number of carbonyl (C=O) groups excluding carboxylic acids is 5. The molecule has 1 radical (unpaired) electrons. The van der Waals surface area contributed by atoms with E-state index in [-0.39, 0.29) is 81.1 Å². The van der Waals surface area contributed by atoms with E-state index in [0.29, 0.717) is 6.42 Å². The summed E-state index contributed by atoms with van der Waals surface area (Å²) in [5.41, 5.74) is -8.43. The van der Waals surface area contributed by atoms with Crippen LogP contribution in [-0.4, -0.2) is 116 Å². The molecule has 0 spiro atoms. The van der Waals surface area contributed by atoms with Crippen LogP contribution in [0.2, 0.25) is 0 Å². The molecule has 3 aliphatic carbocycles. The van der Waals surface area contributed by atoms with Crippen LogP contribution in [0.3, 0.4) is 0 Å². The average molecular weight is 1180 g/mol. The number of ether oxygens (including phenoxy) is 5. The molecule has 16 heteroatoms. The summed E-state index contributed by atoms with van der Waals surface area (Å²) in [7, 11) is 0. The molecule has 15 nitrogen and oxygen atoms in total. The third-order valence-corrected chi connectivity index (χ3v) is 13.7. The van der Waals surface area contributed by atoms with E-state index in [1.165, 1.54) is 20.8 Å². The molecule has 1 heterocycles. The minimum absolute atomic E-state index is 0. The Morgan fingerprint density at radius 3 is 1.86 bits per heavy atom. The van der Waals surface area contributed by atoms with Crippen molar-refractivity contribution in [2.24, 2.45) is 16.7 Å². The average Bonchev–Trinajstić information content (AvgIpc) is 3.24. The first-order chi connectivity index (χ1) is 31.9. The number of hydrogen-bond donors (Lipinski definition) is 5. The number of allylic oxidation sites excluding steroid dienone is 12. The summed E-state index contributed by atoms with van der Waals surface area (Å²) >= 11 is 0. The van der Waals surface area contributed by atoms with Crippen molar-refractivity contribution in [1.82, 2.24) is 5.32 Å². The number of aliphatic hydroxyl groups is 4. The largest absolute Gasteiger partial charge is 0.459 e.